The van der Waals surface area contributed by atoms with Crippen molar-refractivity contribution in [2.24, 2.45) is 7.05 Å². The van der Waals surface area contributed by atoms with Crippen LogP contribution >= 0.6 is 0 Å². The number of carbonyl (C=O) groups is 2. The third kappa shape index (κ3) is 9.67. The number of benzene rings is 1. The number of hydrogen-bond acceptors (Lipinski definition) is 7. The number of hydrogen-bond donors (Lipinski definition) is 2. The fourth-order valence-electron chi connectivity index (χ4n) is 4.39. The molecule has 4 aromatic rings. The summed E-state index contributed by atoms with van der Waals surface area (Å²) in [6.45, 7) is 3.94. The van der Waals surface area contributed by atoms with E-state index in [-0.39, 0.29) is 6.04 Å². The van der Waals surface area contributed by atoms with Crippen molar-refractivity contribution in [3.63, 3.8) is 0 Å². The maximum atomic E-state index is 10.6. The lowest BCUT2D eigenvalue weighted by molar-refractivity contribution is -0.193. The van der Waals surface area contributed by atoms with Crippen LogP contribution in [-0.2, 0) is 23.2 Å². The van der Waals surface area contributed by atoms with E-state index in [0.29, 0.717) is 0 Å². The predicted molar refractivity (Wildman–Crippen MR) is 148 cm³/mol. The number of alkyl halides is 6. The van der Waals surface area contributed by atoms with Gasteiger partial charge in [0.1, 0.15) is 11.4 Å². The summed E-state index contributed by atoms with van der Waals surface area (Å²) in [5.74, 6) is -4.65. The Morgan fingerprint density at radius 2 is 1.53 bits per heavy atom. The molecule has 0 bridgehead atoms. The first-order chi connectivity index (χ1) is 21.0. The number of halogens is 6. The van der Waals surface area contributed by atoms with Crippen LogP contribution in [0.15, 0.2) is 61.1 Å². The summed E-state index contributed by atoms with van der Waals surface area (Å²) in [5, 5.41) is 18.6. The first kappa shape index (κ1) is 34.8. The number of rotatable bonds is 5. The standard InChI is InChI=1S/C24H28N6O.2C2HF3O2/c1-27-11-12-29(15-18-13-25-28(2)14-18)17-23(27)21-16-30-22(5-4-6-24(30)26-21)19-7-9-20(31-3)10-8-19;2*3-2(4,5)1(6)7/h4-10,13-14,16,23H,11-12,15,17H2,1-3H3;2*(H,6,7). The molecule has 2 N–H and O–H groups in total. The van der Waals surface area contributed by atoms with Crippen LogP contribution in [0.4, 0.5) is 26.3 Å². The van der Waals surface area contributed by atoms with Crippen LogP contribution in [0.1, 0.15) is 17.3 Å². The van der Waals surface area contributed by atoms with Gasteiger partial charge >= 0.3 is 24.3 Å². The molecule has 1 aliphatic heterocycles. The number of aliphatic carboxylic acids is 2. The molecule has 4 heterocycles. The first-order valence-corrected chi connectivity index (χ1v) is 13.1. The van der Waals surface area contributed by atoms with Gasteiger partial charge in [-0.3, -0.25) is 18.9 Å². The van der Waals surface area contributed by atoms with Crippen LogP contribution in [-0.4, -0.2) is 97.3 Å². The molecule has 0 amide bonds. The van der Waals surface area contributed by atoms with Crippen LogP contribution in [0.2, 0.25) is 0 Å². The molecule has 0 radical (unpaired) electrons. The number of carboxylic acid groups (broad SMARTS) is 2. The van der Waals surface area contributed by atoms with Crippen molar-refractivity contribution in [3.8, 4) is 17.0 Å². The van der Waals surface area contributed by atoms with Gasteiger partial charge < -0.3 is 14.9 Å². The molecule has 1 saturated heterocycles. The highest BCUT2D eigenvalue weighted by atomic mass is 19.4. The van der Waals surface area contributed by atoms with Gasteiger partial charge in [0.2, 0.25) is 0 Å². The molecule has 1 atom stereocenters. The number of fused-ring (bicyclic) bond motifs is 1. The molecule has 0 aliphatic carbocycles. The van der Waals surface area contributed by atoms with Gasteiger partial charge in [-0.2, -0.15) is 31.4 Å². The molecule has 1 aliphatic rings. The van der Waals surface area contributed by atoms with E-state index in [0.717, 1.165) is 54.5 Å². The zero-order valence-electron chi connectivity index (χ0n) is 24.2. The number of piperazine rings is 1. The fraction of sp³-hybridized carbons (Fsp3) is 0.357. The van der Waals surface area contributed by atoms with Crippen LogP contribution in [0, 0.1) is 0 Å². The van der Waals surface area contributed by atoms with E-state index in [1.165, 1.54) is 5.56 Å². The van der Waals surface area contributed by atoms with E-state index in [1.54, 1.807) is 7.11 Å². The lowest BCUT2D eigenvalue weighted by atomic mass is 10.1. The molecule has 0 spiro atoms. The molecule has 45 heavy (non-hydrogen) atoms. The molecule has 0 saturated carbocycles. The summed E-state index contributed by atoms with van der Waals surface area (Å²) in [4.78, 5) is 27.7. The van der Waals surface area contributed by atoms with Gasteiger partial charge in [0, 0.05) is 51.2 Å². The Balaban J connectivity index is 0.000000331. The van der Waals surface area contributed by atoms with Gasteiger partial charge in [-0.15, -0.1) is 0 Å². The Labute approximate surface area is 252 Å². The Hall–Kier alpha value is -4.64. The summed E-state index contributed by atoms with van der Waals surface area (Å²) >= 11 is 0. The summed E-state index contributed by atoms with van der Waals surface area (Å²) in [7, 11) is 5.85. The van der Waals surface area contributed by atoms with Gasteiger partial charge in [0.15, 0.2) is 0 Å². The van der Waals surface area contributed by atoms with Crippen LogP contribution in [0.3, 0.4) is 0 Å². The Morgan fingerprint density at radius 1 is 0.933 bits per heavy atom. The highest BCUT2D eigenvalue weighted by Gasteiger charge is 2.39. The minimum Gasteiger partial charge on any atom is -0.497 e. The van der Waals surface area contributed by atoms with Gasteiger partial charge in [0.05, 0.1) is 30.7 Å². The second kappa shape index (κ2) is 14.4. The number of imidazole rings is 1. The number of aryl methyl sites for hydroxylation is 1. The number of ether oxygens (including phenoxy) is 1. The van der Waals surface area contributed by atoms with Crippen molar-refractivity contribution in [1.29, 1.82) is 0 Å². The molecule has 1 fully saturated rings. The van der Waals surface area contributed by atoms with Crippen molar-refractivity contribution in [2.75, 3.05) is 33.8 Å². The molecular formula is C28H30F6N6O5. The van der Waals surface area contributed by atoms with Crippen LogP contribution in [0.5, 0.6) is 5.75 Å². The third-order valence-corrected chi connectivity index (χ3v) is 6.62. The molecule has 11 nitrogen and oxygen atoms in total. The molecule has 244 valence electrons. The Kier molecular flexibility index (Phi) is 11.2. The number of likely N-dealkylation sites (N-methyl/N-ethyl adjacent to an activating group) is 1. The molecule has 1 unspecified atom stereocenters. The van der Waals surface area contributed by atoms with Crippen LogP contribution < -0.4 is 4.74 Å². The van der Waals surface area contributed by atoms with E-state index >= 15 is 0 Å². The summed E-state index contributed by atoms with van der Waals surface area (Å²) in [5.41, 5.74) is 5.61. The van der Waals surface area contributed by atoms with E-state index < -0.39 is 24.3 Å². The van der Waals surface area contributed by atoms with Gasteiger partial charge in [0.25, 0.3) is 0 Å². The SMILES string of the molecule is COc1ccc(-c2cccc3nc(C4CN(Cc5cnn(C)c5)CCN4C)cn23)cc1.O=C(O)C(F)(F)F.O=C(O)C(F)(F)F. The average molecular weight is 645 g/mol. The minimum atomic E-state index is -5.08. The molecular weight excluding hydrogens is 614 g/mol. The number of carboxylic acids is 2. The van der Waals surface area contributed by atoms with Crippen molar-refractivity contribution >= 4 is 17.6 Å². The second-order valence-electron chi connectivity index (χ2n) is 9.89. The van der Waals surface area contributed by atoms with Crippen LogP contribution in [0.25, 0.3) is 16.9 Å². The normalized spacial score (nSPS) is 15.9. The van der Waals surface area contributed by atoms with Crippen molar-refractivity contribution in [1.82, 2.24) is 29.0 Å². The highest BCUT2D eigenvalue weighted by molar-refractivity contribution is 5.73. The van der Waals surface area contributed by atoms with Gasteiger partial charge in [-0.25, -0.2) is 14.6 Å². The summed E-state index contributed by atoms with van der Waals surface area (Å²) < 4.78 is 72.8. The quantitative estimate of drug-likeness (QED) is 0.302. The van der Waals surface area contributed by atoms with Gasteiger partial charge in [-0.1, -0.05) is 6.07 Å². The zero-order chi connectivity index (χ0) is 33.5. The molecule has 1 aromatic carbocycles. The van der Waals surface area contributed by atoms with E-state index in [9.17, 15) is 26.3 Å². The topological polar surface area (TPSA) is 125 Å². The van der Waals surface area contributed by atoms with Crippen molar-refractivity contribution in [2.45, 2.75) is 24.9 Å². The van der Waals surface area contributed by atoms with Crippen molar-refractivity contribution < 1.29 is 50.9 Å². The number of nitrogens with zero attached hydrogens (tertiary/aromatic N) is 6. The fourth-order valence-corrected chi connectivity index (χ4v) is 4.39. The summed E-state index contributed by atoms with van der Waals surface area (Å²) in [6.07, 6.45) is -3.91. The molecule has 17 heteroatoms. The molecule has 3 aromatic heterocycles. The van der Waals surface area contributed by atoms with E-state index in [4.69, 9.17) is 29.5 Å². The zero-order valence-corrected chi connectivity index (χ0v) is 24.2. The maximum Gasteiger partial charge on any atom is 0.490 e. The number of pyridine rings is 1. The Morgan fingerprint density at radius 3 is 2.04 bits per heavy atom. The summed E-state index contributed by atoms with van der Waals surface area (Å²) in [6, 6.07) is 14.7. The average Bonchev–Trinajstić information content (AvgIpc) is 3.59. The van der Waals surface area contributed by atoms with E-state index in [1.807, 2.05) is 30.1 Å². The second-order valence-corrected chi connectivity index (χ2v) is 9.89. The lowest BCUT2D eigenvalue weighted by Crippen LogP contribution is -2.46. The smallest absolute Gasteiger partial charge is 0.490 e. The Bertz CT molecular complexity index is 1560. The minimum absolute atomic E-state index is 0.258. The number of methoxy groups -OCH3 is 1. The number of aromatic nitrogens is 4. The monoisotopic (exact) mass is 644 g/mol. The van der Waals surface area contributed by atoms with Crippen molar-refractivity contribution in [3.05, 3.63) is 72.3 Å². The first-order valence-electron chi connectivity index (χ1n) is 13.1. The highest BCUT2D eigenvalue weighted by Crippen LogP contribution is 2.28. The van der Waals surface area contributed by atoms with Gasteiger partial charge in [-0.05, 0) is 49.0 Å². The molecule has 5 rings (SSSR count). The predicted octanol–water partition coefficient (Wildman–Crippen LogP) is 4.50. The maximum absolute atomic E-state index is 10.6. The lowest BCUT2D eigenvalue weighted by Gasteiger charge is -2.38. The largest absolute Gasteiger partial charge is 0.497 e. The van der Waals surface area contributed by atoms with E-state index in [2.05, 4.69) is 69.1 Å². The third-order valence-electron chi connectivity index (χ3n) is 6.62.